The third kappa shape index (κ3) is 15.4. The summed E-state index contributed by atoms with van der Waals surface area (Å²) in [7, 11) is 0. The van der Waals surface area contributed by atoms with E-state index in [4.69, 9.17) is 9.78 Å². The van der Waals surface area contributed by atoms with E-state index < -0.39 is 0 Å². The number of allylic oxidation sites excluding steroid dienone is 4. The molecule has 0 aromatic heterocycles. The summed E-state index contributed by atoms with van der Waals surface area (Å²) >= 11 is 0. The second-order valence-electron chi connectivity index (χ2n) is 4.45. The lowest BCUT2D eigenvalue weighted by Crippen LogP contribution is -1.98. The molecule has 2 nitrogen and oxygen atoms in total. The van der Waals surface area contributed by atoms with Crippen LogP contribution in [0.25, 0.3) is 0 Å². The van der Waals surface area contributed by atoms with Crippen molar-refractivity contribution in [3.05, 3.63) is 24.3 Å². The normalized spacial score (nSPS) is 11.9. The monoisotopic (exact) mass is 254 g/mol. The van der Waals surface area contributed by atoms with E-state index in [9.17, 15) is 0 Å². The van der Waals surface area contributed by atoms with E-state index in [0.29, 0.717) is 13.2 Å². The molecule has 106 valence electrons. The van der Waals surface area contributed by atoms with E-state index >= 15 is 0 Å². The summed E-state index contributed by atoms with van der Waals surface area (Å²) in [5.74, 6) is 0. The molecule has 0 unspecified atom stereocenters. The SMILES string of the molecule is CCC/C=C/CCCOOCCC/C=C/CCC. The van der Waals surface area contributed by atoms with Gasteiger partial charge in [0, 0.05) is 0 Å². The lowest BCUT2D eigenvalue weighted by atomic mass is 10.2. The Morgan fingerprint density at radius 2 is 1.00 bits per heavy atom. The fourth-order valence-corrected chi connectivity index (χ4v) is 1.44. The van der Waals surface area contributed by atoms with Gasteiger partial charge in [0.2, 0.25) is 0 Å². The molecular formula is C16H30O2. The fourth-order valence-electron chi connectivity index (χ4n) is 1.44. The maximum Gasteiger partial charge on any atom is 0.0825 e. The van der Waals surface area contributed by atoms with Gasteiger partial charge in [-0.15, -0.1) is 0 Å². The highest BCUT2D eigenvalue weighted by Crippen LogP contribution is 1.98. The van der Waals surface area contributed by atoms with Crippen LogP contribution in [-0.4, -0.2) is 13.2 Å². The summed E-state index contributed by atoms with van der Waals surface area (Å²) in [5, 5.41) is 0. The van der Waals surface area contributed by atoms with E-state index in [1.54, 1.807) is 0 Å². The predicted octanol–water partition coefficient (Wildman–Crippen LogP) is 5.21. The van der Waals surface area contributed by atoms with E-state index in [2.05, 4.69) is 38.2 Å². The Morgan fingerprint density at radius 3 is 1.39 bits per heavy atom. The Morgan fingerprint density at radius 1 is 0.611 bits per heavy atom. The maximum absolute atomic E-state index is 5.11. The summed E-state index contributed by atoms with van der Waals surface area (Å²) in [6.07, 6.45) is 18.0. The van der Waals surface area contributed by atoms with Crippen LogP contribution < -0.4 is 0 Å². The zero-order valence-electron chi connectivity index (χ0n) is 12.2. The Balaban J connectivity index is 3.03. The van der Waals surface area contributed by atoms with Gasteiger partial charge in [-0.25, -0.2) is 9.78 Å². The average Bonchev–Trinajstić information content (AvgIpc) is 2.39. The van der Waals surface area contributed by atoms with Gasteiger partial charge in [-0.1, -0.05) is 51.0 Å². The van der Waals surface area contributed by atoms with Crippen molar-refractivity contribution in [2.24, 2.45) is 0 Å². The molecule has 0 spiro atoms. The van der Waals surface area contributed by atoms with Crippen molar-refractivity contribution >= 4 is 0 Å². The molecule has 18 heavy (non-hydrogen) atoms. The molecule has 0 atom stereocenters. The lowest BCUT2D eigenvalue weighted by Gasteiger charge is -2.01. The highest BCUT2D eigenvalue weighted by Gasteiger charge is 1.89. The zero-order chi connectivity index (χ0) is 13.3. The Hall–Kier alpha value is -0.600. The highest BCUT2D eigenvalue weighted by atomic mass is 17.2. The molecule has 0 rings (SSSR count). The smallest absolute Gasteiger partial charge is 0.0825 e. The van der Waals surface area contributed by atoms with E-state index in [1.165, 1.54) is 25.7 Å². The van der Waals surface area contributed by atoms with E-state index in [0.717, 1.165) is 25.7 Å². The first-order chi connectivity index (χ1) is 8.91. The van der Waals surface area contributed by atoms with Gasteiger partial charge in [-0.05, 0) is 38.5 Å². The third-order valence-corrected chi connectivity index (χ3v) is 2.52. The minimum absolute atomic E-state index is 0.697. The minimum Gasteiger partial charge on any atom is -0.237 e. The molecule has 0 saturated heterocycles. The van der Waals surface area contributed by atoms with Gasteiger partial charge in [-0.3, -0.25) is 0 Å². The summed E-state index contributed by atoms with van der Waals surface area (Å²) < 4.78 is 0. The van der Waals surface area contributed by atoms with Crippen molar-refractivity contribution in [2.45, 2.75) is 65.2 Å². The molecule has 0 radical (unpaired) electrons. The quantitative estimate of drug-likeness (QED) is 0.194. The van der Waals surface area contributed by atoms with Gasteiger partial charge in [0.05, 0.1) is 13.2 Å². The van der Waals surface area contributed by atoms with Gasteiger partial charge >= 0.3 is 0 Å². The number of hydrogen-bond donors (Lipinski definition) is 0. The van der Waals surface area contributed by atoms with Crippen LogP contribution >= 0.6 is 0 Å². The molecule has 0 amide bonds. The van der Waals surface area contributed by atoms with Crippen LogP contribution in [0, 0.1) is 0 Å². The molecule has 0 aliphatic carbocycles. The van der Waals surface area contributed by atoms with Gasteiger partial charge in [0.25, 0.3) is 0 Å². The Bertz CT molecular complexity index is 175. The number of unbranched alkanes of at least 4 members (excludes halogenated alkanes) is 4. The lowest BCUT2D eigenvalue weighted by molar-refractivity contribution is -0.294. The third-order valence-electron chi connectivity index (χ3n) is 2.52. The van der Waals surface area contributed by atoms with Crippen LogP contribution in [0.2, 0.25) is 0 Å². The standard InChI is InChI=1S/C16H30O2/c1-3-5-7-9-11-13-15-17-18-16-14-12-10-8-6-4-2/h7-10H,3-6,11-16H2,1-2H3/b9-7+,10-8+. The van der Waals surface area contributed by atoms with Crippen LogP contribution in [0.1, 0.15) is 65.2 Å². The van der Waals surface area contributed by atoms with E-state index in [-0.39, 0.29) is 0 Å². The molecule has 0 heterocycles. The van der Waals surface area contributed by atoms with Crippen molar-refractivity contribution in [1.82, 2.24) is 0 Å². The van der Waals surface area contributed by atoms with Crippen molar-refractivity contribution in [1.29, 1.82) is 0 Å². The summed E-state index contributed by atoms with van der Waals surface area (Å²) in [6, 6.07) is 0. The van der Waals surface area contributed by atoms with Gasteiger partial charge in [0.15, 0.2) is 0 Å². The topological polar surface area (TPSA) is 18.5 Å². The van der Waals surface area contributed by atoms with Crippen LogP contribution in [0.5, 0.6) is 0 Å². The fraction of sp³-hybridized carbons (Fsp3) is 0.750. The van der Waals surface area contributed by atoms with Crippen molar-refractivity contribution < 1.29 is 9.78 Å². The summed E-state index contributed by atoms with van der Waals surface area (Å²) in [6.45, 7) is 5.78. The molecule has 0 aliphatic rings. The number of hydrogen-bond acceptors (Lipinski definition) is 2. The zero-order valence-corrected chi connectivity index (χ0v) is 12.2. The molecule has 2 heteroatoms. The molecule has 0 fully saturated rings. The van der Waals surface area contributed by atoms with Crippen molar-refractivity contribution in [2.75, 3.05) is 13.2 Å². The Kier molecular flexibility index (Phi) is 15.9. The van der Waals surface area contributed by atoms with Crippen LogP contribution in [0.4, 0.5) is 0 Å². The van der Waals surface area contributed by atoms with Gasteiger partial charge in [0.1, 0.15) is 0 Å². The summed E-state index contributed by atoms with van der Waals surface area (Å²) in [5.41, 5.74) is 0. The molecule has 0 aliphatic heterocycles. The molecule has 0 aromatic rings. The van der Waals surface area contributed by atoms with Gasteiger partial charge < -0.3 is 0 Å². The molecule has 0 bridgehead atoms. The second kappa shape index (κ2) is 16.4. The average molecular weight is 254 g/mol. The second-order valence-corrected chi connectivity index (χ2v) is 4.45. The predicted molar refractivity (Wildman–Crippen MR) is 78.5 cm³/mol. The largest absolute Gasteiger partial charge is 0.237 e. The van der Waals surface area contributed by atoms with Crippen LogP contribution in [-0.2, 0) is 9.78 Å². The first kappa shape index (κ1) is 17.4. The molecule has 0 saturated carbocycles. The maximum atomic E-state index is 5.11. The minimum atomic E-state index is 0.697. The van der Waals surface area contributed by atoms with E-state index in [1.807, 2.05) is 0 Å². The first-order valence-corrected chi connectivity index (χ1v) is 7.46. The van der Waals surface area contributed by atoms with Crippen molar-refractivity contribution in [3.63, 3.8) is 0 Å². The molecule has 0 aromatic carbocycles. The van der Waals surface area contributed by atoms with Crippen LogP contribution in [0.15, 0.2) is 24.3 Å². The summed E-state index contributed by atoms with van der Waals surface area (Å²) in [4.78, 5) is 10.2. The van der Waals surface area contributed by atoms with Gasteiger partial charge in [-0.2, -0.15) is 0 Å². The Labute approximate surface area is 113 Å². The van der Waals surface area contributed by atoms with Crippen LogP contribution in [0.3, 0.4) is 0 Å². The molecular weight excluding hydrogens is 224 g/mol. The van der Waals surface area contributed by atoms with Crippen molar-refractivity contribution in [3.8, 4) is 0 Å². The highest BCUT2D eigenvalue weighted by molar-refractivity contribution is 4.81. The number of rotatable bonds is 13. The first-order valence-electron chi connectivity index (χ1n) is 7.46. The molecule has 0 N–H and O–H groups in total.